The van der Waals surface area contributed by atoms with Crippen molar-refractivity contribution in [1.29, 1.82) is 0 Å². The summed E-state index contributed by atoms with van der Waals surface area (Å²) in [4.78, 5) is 9.47. The van der Waals surface area contributed by atoms with Crippen LogP contribution in [-0.4, -0.2) is 9.97 Å². The van der Waals surface area contributed by atoms with Gasteiger partial charge in [-0.15, -0.1) is 0 Å². The highest BCUT2D eigenvalue weighted by molar-refractivity contribution is 5.49. The van der Waals surface area contributed by atoms with E-state index in [9.17, 15) is 0 Å². The maximum absolute atomic E-state index is 5.63. The SMILES string of the molecule is CC(C)(c1ccccc1)c1nc2c(c(NN)n1)CCC2. The summed E-state index contributed by atoms with van der Waals surface area (Å²) in [6, 6.07) is 10.4. The summed E-state index contributed by atoms with van der Waals surface area (Å²) in [5, 5.41) is 0. The topological polar surface area (TPSA) is 63.8 Å². The summed E-state index contributed by atoms with van der Waals surface area (Å²) < 4.78 is 0. The van der Waals surface area contributed by atoms with Gasteiger partial charge in [0, 0.05) is 16.7 Å². The van der Waals surface area contributed by atoms with E-state index in [2.05, 4.69) is 36.4 Å². The monoisotopic (exact) mass is 268 g/mol. The number of nitrogens with two attached hydrogens (primary N) is 1. The lowest BCUT2D eigenvalue weighted by Crippen LogP contribution is -2.25. The van der Waals surface area contributed by atoms with Gasteiger partial charge in [-0.05, 0) is 38.7 Å². The Kier molecular flexibility index (Phi) is 3.18. The van der Waals surface area contributed by atoms with Crippen molar-refractivity contribution in [3.8, 4) is 0 Å². The summed E-state index contributed by atoms with van der Waals surface area (Å²) in [7, 11) is 0. The Labute approximate surface area is 119 Å². The molecule has 1 heterocycles. The quantitative estimate of drug-likeness (QED) is 0.663. The maximum atomic E-state index is 5.63. The van der Waals surface area contributed by atoms with Gasteiger partial charge >= 0.3 is 0 Å². The van der Waals surface area contributed by atoms with E-state index >= 15 is 0 Å². The predicted molar refractivity (Wildman–Crippen MR) is 80.4 cm³/mol. The molecule has 1 aliphatic rings. The number of aryl methyl sites for hydroxylation is 1. The fraction of sp³-hybridized carbons (Fsp3) is 0.375. The van der Waals surface area contributed by atoms with Crippen LogP contribution < -0.4 is 11.3 Å². The highest BCUT2D eigenvalue weighted by Crippen LogP contribution is 2.33. The molecule has 2 aromatic rings. The molecule has 3 rings (SSSR count). The lowest BCUT2D eigenvalue weighted by molar-refractivity contribution is 0.586. The van der Waals surface area contributed by atoms with Gasteiger partial charge in [-0.3, -0.25) is 0 Å². The van der Waals surface area contributed by atoms with Crippen LogP contribution in [0.25, 0.3) is 0 Å². The molecule has 1 aliphatic carbocycles. The van der Waals surface area contributed by atoms with Crippen LogP contribution in [-0.2, 0) is 18.3 Å². The number of nitrogens with one attached hydrogen (secondary N) is 1. The molecule has 104 valence electrons. The number of hydrazine groups is 1. The number of benzene rings is 1. The predicted octanol–water partition coefficient (Wildman–Crippen LogP) is 2.58. The molecular weight excluding hydrogens is 248 g/mol. The molecule has 0 unspecified atom stereocenters. The second kappa shape index (κ2) is 4.87. The molecule has 0 saturated carbocycles. The first-order valence-electron chi connectivity index (χ1n) is 7.05. The Hall–Kier alpha value is -1.94. The average Bonchev–Trinajstić information content (AvgIpc) is 2.95. The van der Waals surface area contributed by atoms with Gasteiger partial charge in [-0.1, -0.05) is 30.3 Å². The molecule has 1 aromatic carbocycles. The number of nitrogens with zero attached hydrogens (tertiary/aromatic N) is 2. The van der Waals surface area contributed by atoms with Crippen molar-refractivity contribution in [2.75, 3.05) is 5.43 Å². The zero-order chi connectivity index (χ0) is 14.2. The molecule has 4 heteroatoms. The first-order chi connectivity index (χ1) is 9.63. The number of rotatable bonds is 3. The fourth-order valence-corrected chi connectivity index (χ4v) is 2.82. The van der Waals surface area contributed by atoms with Crippen molar-refractivity contribution in [3.63, 3.8) is 0 Å². The number of anilines is 1. The number of nitrogen functional groups attached to an aromatic ring is 1. The minimum atomic E-state index is -0.232. The second-order valence-corrected chi connectivity index (χ2v) is 5.81. The first-order valence-corrected chi connectivity index (χ1v) is 7.05. The van der Waals surface area contributed by atoms with Gasteiger partial charge in [0.05, 0.1) is 0 Å². The second-order valence-electron chi connectivity index (χ2n) is 5.81. The smallest absolute Gasteiger partial charge is 0.147 e. The standard InChI is InChI=1S/C16H20N4/c1-16(2,11-7-4-3-5-8-11)15-18-13-10-6-9-12(13)14(19-15)20-17/h3-5,7-8H,6,9-10,17H2,1-2H3,(H,18,19,20). The Morgan fingerprint density at radius 2 is 1.85 bits per heavy atom. The van der Waals surface area contributed by atoms with Crippen molar-refractivity contribution in [2.45, 2.75) is 38.5 Å². The lowest BCUT2D eigenvalue weighted by Gasteiger charge is -2.25. The number of hydrogen-bond acceptors (Lipinski definition) is 4. The zero-order valence-corrected chi connectivity index (χ0v) is 12.0. The van der Waals surface area contributed by atoms with E-state index in [1.807, 2.05) is 18.2 Å². The molecule has 3 N–H and O–H groups in total. The molecule has 4 nitrogen and oxygen atoms in total. The van der Waals surface area contributed by atoms with Crippen molar-refractivity contribution in [3.05, 3.63) is 53.0 Å². The maximum Gasteiger partial charge on any atom is 0.147 e. The normalized spacial score (nSPS) is 14.2. The Morgan fingerprint density at radius 1 is 1.10 bits per heavy atom. The van der Waals surface area contributed by atoms with Gasteiger partial charge in [-0.25, -0.2) is 15.8 Å². The van der Waals surface area contributed by atoms with Gasteiger partial charge in [0.25, 0.3) is 0 Å². The molecule has 20 heavy (non-hydrogen) atoms. The molecule has 0 amide bonds. The van der Waals surface area contributed by atoms with Crippen LogP contribution in [0.1, 0.15) is 42.9 Å². The molecule has 1 aromatic heterocycles. The molecule has 0 radical (unpaired) electrons. The molecule has 0 bridgehead atoms. The minimum Gasteiger partial charge on any atom is -0.308 e. The van der Waals surface area contributed by atoms with Crippen LogP contribution in [0.2, 0.25) is 0 Å². The Morgan fingerprint density at radius 3 is 2.55 bits per heavy atom. The van der Waals surface area contributed by atoms with Crippen LogP contribution in [0.4, 0.5) is 5.82 Å². The number of aromatic nitrogens is 2. The molecule has 0 fully saturated rings. The third kappa shape index (κ3) is 2.06. The molecule has 0 spiro atoms. The van der Waals surface area contributed by atoms with E-state index in [-0.39, 0.29) is 5.41 Å². The molecule has 0 aliphatic heterocycles. The van der Waals surface area contributed by atoms with Crippen LogP contribution in [0.15, 0.2) is 30.3 Å². The summed E-state index contributed by atoms with van der Waals surface area (Å²) in [6.07, 6.45) is 3.17. The largest absolute Gasteiger partial charge is 0.308 e. The van der Waals surface area contributed by atoms with Crippen molar-refractivity contribution in [2.24, 2.45) is 5.84 Å². The first kappa shape index (κ1) is 13.1. The van der Waals surface area contributed by atoms with Crippen LogP contribution in [0.5, 0.6) is 0 Å². The van der Waals surface area contributed by atoms with Gasteiger partial charge in [0.15, 0.2) is 0 Å². The van der Waals surface area contributed by atoms with E-state index < -0.39 is 0 Å². The van der Waals surface area contributed by atoms with E-state index in [0.29, 0.717) is 0 Å². The highest BCUT2D eigenvalue weighted by atomic mass is 15.3. The molecular formula is C16H20N4. The van der Waals surface area contributed by atoms with Crippen LogP contribution in [0.3, 0.4) is 0 Å². The summed E-state index contributed by atoms with van der Waals surface area (Å²) in [6.45, 7) is 4.30. The van der Waals surface area contributed by atoms with E-state index in [1.54, 1.807) is 0 Å². The van der Waals surface area contributed by atoms with Gasteiger partial charge in [-0.2, -0.15) is 0 Å². The summed E-state index contributed by atoms with van der Waals surface area (Å²) in [5.41, 5.74) is 6.04. The third-order valence-corrected chi connectivity index (χ3v) is 4.12. The molecule has 0 saturated heterocycles. The average molecular weight is 268 g/mol. The molecule has 0 atom stereocenters. The third-order valence-electron chi connectivity index (χ3n) is 4.12. The van der Waals surface area contributed by atoms with Gasteiger partial charge in [0.1, 0.15) is 11.6 Å². The van der Waals surface area contributed by atoms with Crippen LogP contribution >= 0.6 is 0 Å². The van der Waals surface area contributed by atoms with E-state index in [1.165, 1.54) is 11.1 Å². The van der Waals surface area contributed by atoms with E-state index in [4.69, 9.17) is 10.8 Å². The fourth-order valence-electron chi connectivity index (χ4n) is 2.82. The Bertz CT molecular complexity index is 620. The highest BCUT2D eigenvalue weighted by Gasteiger charge is 2.29. The van der Waals surface area contributed by atoms with Crippen molar-refractivity contribution in [1.82, 2.24) is 9.97 Å². The minimum absolute atomic E-state index is 0.232. The Balaban J connectivity index is 2.10. The number of fused-ring (bicyclic) bond motifs is 1. The van der Waals surface area contributed by atoms with E-state index in [0.717, 1.165) is 36.6 Å². The van der Waals surface area contributed by atoms with Crippen molar-refractivity contribution < 1.29 is 0 Å². The van der Waals surface area contributed by atoms with Gasteiger partial charge in [0.2, 0.25) is 0 Å². The number of hydrogen-bond donors (Lipinski definition) is 2. The lowest BCUT2D eigenvalue weighted by atomic mass is 9.83. The summed E-state index contributed by atoms with van der Waals surface area (Å²) in [5.74, 6) is 7.25. The van der Waals surface area contributed by atoms with Crippen molar-refractivity contribution >= 4 is 5.82 Å². The summed E-state index contributed by atoms with van der Waals surface area (Å²) >= 11 is 0. The zero-order valence-electron chi connectivity index (χ0n) is 12.0. The van der Waals surface area contributed by atoms with Gasteiger partial charge < -0.3 is 5.43 Å². The van der Waals surface area contributed by atoms with Crippen LogP contribution in [0, 0.1) is 0 Å².